The van der Waals surface area contributed by atoms with Gasteiger partial charge in [-0.2, -0.15) is 0 Å². The van der Waals surface area contributed by atoms with Crippen LogP contribution >= 0.6 is 0 Å². The number of fused-ring (bicyclic) bond motifs is 1. The normalized spacial score (nSPS) is 12.6. The molecule has 20 heavy (non-hydrogen) atoms. The molecule has 0 saturated carbocycles. The average Bonchev–Trinajstić information content (AvgIpc) is 2.48. The highest BCUT2D eigenvalue weighted by Crippen LogP contribution is 2.24. The van der Waals surface area contributed by atoms with Crippen LogP contribution in [0.3, 0.4) is 0 Å². The van der Waals surface area contributed by atoms with Crippen LogP contribution in [0.15, 0.2) is 54.7 Å². The van der Waals surface area contributed by atoms with E-state index in [4.69, 9.17) is 5.73 Å². The summed E-state index contributed by atoms with van der Waals surface area (Å²) in [6.45, 7) is 0. The van der Waals surface area contributed by atoms with Gasteiger partial charge in [0.25, 0.3) is 0 Å². The highest BCUT2D eigenvalue weighted by atomic mass is 19.1. The molecule has 0 aliphatic carbocycles. The molecule has 0 saturated heterocycles. The number of nitrogens with two attached hydrogens (primary N) is 1. The number of halogens is 2. The third-order valence-corrected chi connectivity index (χ3v) is 3.26. The molecular weight excluding hydrogens is 258 g/mol. The summed E-state index contributed by atoms with van der Waals surface area (Å²) in [5.74, 6) is -1.03. The maximum absolute atomic E-state index is 13.8. The first-order valence-electron chi connectivity index (χ1n) is 6.20. The van der Waals surface area contributed by atoms with Gasteiger partial charge in [-0.15, -0.1) is 0 Å². The fourth-order valence-corrected chi connectivity index (χ4v) is 2.19. The molecule has 1 unspecified atom stereocenters. The first-order chi connectivity index (χ1) is 9.65. The van der Waals surface area contributed by atoms with Gasteiger partial charge in [0.05, 0.1) is 11.6 Å². The largest absolute Gasteiger partial charge is 0.320 e. The van der Waals surface area contributed by atoms with Crippen molar-refractivity contribution in [2.45, 2.75) is 6.04 Å². The van der Waals surface area contributed by atoms with E-state index in [0.29, 0.717) is 5.56 Å². The second-order valence-corrected chi connectivity index (χ2v) is 4.60. The van der Waals surface area contributed by atoms with Gasteiger partial charge in [0.2, 0.25) is 0 Å². The van der Waals surface area contributed by atoms with Crippen molar-refractivity contribution in [3.63, 3.8) is 0 Å². The molecule has 0 radical (unpaired) electrons. The molecule has 3 aromatic rings. The SMILES string of the molecule is NC(c1cnc2ccccc2c1)c1cc(F)ccc1F. The number of benzene rings is 2. The number of hydrogen-bond acceptors (Lipinski definition) is 2. The number of nitrogens with zero attached hydrogens (tertiary/aromatic N) is 1. The second-order valence-electron chi connectivity index (χ2n) is 4.60. The van der Waals surface area contributed by atoms with Crippen molar-refractivity contribution >= 4 is 10.9 Å². The van der Waals surface area contributed by atoms with Crippen molar-refractivity contribution in [2.75, 3.05) is 0 Å². The van der Waals surface area contributed by atoms with Crippen molar-refractivity contribution in [3.8, 4) is 0 Å². The maximum atomic E-state index is 13.8. The predicted molar refractivity (Wildman–Crippen MR) is 74.1 cm³/mol. The van der Waals surface area contributed by atoms with Crippen molar-refractivity contribution < 1.29 is 8.78 Å². The predicted octanol–water partition coefficient (Wildman–Crippen LogP) is 3.56. The van der Waals surface area contributed by atoms with Gasteiger partial charge in [-0.1, -0.05) is 18.2 Å². The van der Waals surface area contributed by atoms with E-state index in [0.717, 1.165) is 29.1 Å². The molecule has 0 aliphatic rings. The number of pyridine rings is 1. The minimum atomic E-state index is -0.747. The Hall–Kier alpha value is -2.33. The van der Waals surface area contributed by atoms with E-state index in [1.807, 2.05) is 30.3 Å². The quantitative estimate of drug-likeness (QED) is 0.773. The summed E-state index contributed by atoms with van der Waals surface area (Å²) in [6, 6.07) is 11.9. The van der Waals surface area contributed by atoms with E-state index >= 15 is 0 Å². The average molecular weight is 270 g/mol. The van der Waals surface area contributed by atoms with Gasteiger partial charge in [0.15, 0.2) is 0 Å². The molecule has 0 bridgehead atoms. The molecule has 2 aromatic carbocycles. The second kappa shape index (κ2) is 4.98. The molecule has 4 heteroatoms. The van der Waals surface area contributed by atoms with Gasteiger partial charge in [-0.05, 0) is 35.9 Å². The number of aromatic nitrogens is 1. The summed E-state index contributed by atoms with van der Waals surface area (Å²) in [5.41, 5.74) is 7.64. The smallest absolute Gasteiger partial charge is 0.128 e. The lowest BCUT2D eigenvalue weighted by atomic mass is 9.99. The highest BCUT2D eigenvalue weighted by molar-refractivity contribution is 5.78. The summed E-state index contributed by atoms with van der Waals surface area (Å²) in [6.07, 6.45) is 1.59. The van der Waals surface area contributed by atoms with Crippen molar-refractivity contribution in [1.82, 2.24) is 4.98 Å². The van der Waals surface area contributed by atoms with Crippen LogP contribution in [0.1, 0.15) is 17.2 Å². The first-order valence-corrected chi connectivity index (χ1v) is 6.20. The molecule has 1 heterocycles. The van der Waals surface area contributed by atoms with Crippen molar-refractivity contribution in [3.05, 3.63) is 77.5 Å². The zero-order valence-electron chi connectivity index (χ0n) is 10.6. The Morgan fingerprint density at radius 1 is 1.00 bits per heavy atom. The van der Waals surface area contributed by atoms with E-state index in [9.17, 15) is 8.78 Å². The van der Waals surface area contributed by atoms with E-state index < -0.39 is 17.7 Å². The Bertz CT molecular complexity index is 771. The molecule has 0 spiro atoms. The van der Waals surface area contributed by atoms with Gasteiger partial charge >= 0.3 is 0 Å². The fourth-order valence-electron chi connectivity index (χ4n) is 2.19. The Morgan fingerprint density at radius 3 is 2.65 bits per heavy atom. The Morgan fingerprint density at radius 2 is 1.80 bits per heavy atom. The van der Waals surface area contributed by atoms with E-state index in [1.165, 1.54) is 0 Å². The summed E-state index contributed by atoms with van der Waals surface area (Å²) in [4.78, 5) is 4.28. The lowest BCUT2D eigenvalue weighted by Gasteiger charge is -2.14. The lowest BCUT2D eigenvalue weighted by Crippen LogP contribution is -2.14. The van der Waals surface area contributed by atoms with Crippen LogP contribution in [0.2, 0.25) is 0 Å². The summed E-state index contributed by atoms with van der Waals surface area (Å²) < 4.78 is 27.0. The summed E-state index contributed by atoms with van der Waals surface area (Å²) in [7, 11) is 0. The Kier molecular flexibility index (Phi) is 3.16. The van der Waals surface area contributed by atoms with Crippen molar-refractivity contribution in [1.29, 1.82) is 0 Å². The van der Waals surface area contributed by atoms with Crippen LogP contribution < -0.4 is 5.73 Å². The number of hydrogen-bond donors (Lipinski definition) is 1. The zero-order valence-corrected chi connectivity index (χ0v) is 10.6. The molecule has 0 amide bonds. The van der Waals surface area contributed by atoms with Crippen molar-refractivity contribution in [2.24, 2.45) is 5.73 Å². The minimum absolute atomic E-state index is 0.127. The topological polar surface area (TPSA) is 38.9 Å². The molecule has 0 fully saturated rings. The summed E-state index contributed by atoms with van der Waals surface area (Å²) >= 11 is 0. The van der Waals surface area contributed by atoms with Gasteiger partial charge in [0.1, 0.15) is 11.6 Å². The summed E-state index contributed by atoms with van der Waals surface area (Å²) in [5, 5.41) is 0.914. The van der Waals surface area contributed by atoms with Crippen LogP contribution in [0.4, 0.5) is 8.78 Å². The van der Waals surface area contributed by atoms with Crippen LogP contribution in [-0.4, -0.2) is 4.98 Å². The van der Waals surface area contributed by atoms with Crippen LogP contribution in [0, 0.1) is 11.6 Å². The Balaban J connectivity index is 2.07. The minimum Gasteiger partial charge on any atom is -0.320 e. The maximum Gasteiger partial charge on any atom is 0.128 e. The van der Waals surface area contributed by atoms with E-state index in [2.05, 4.69) is 4.98 Å². The molecule has 0 aliphatic heterocycles. The molecule has 100 valence electrons. The van der Waals surface area contributed by atoms with E-state index in [-0.39, 0.29) is 5.56 Å². The zero-order chi connectivity index (χ0) is 14.1. The number of para-hydroxylation sites is 1. The standard InChI is InChI=1S/C16H12F2N2/c17-12-5-6-14(18)13(8-12)16(19)11-7-10-3-1-2-4-15(10)20-9-11/h1-9,16H,19H2. The van der Waals surface area contributed by atoms with Crippen LogP contribution in [0.5, 0.6) is 0 Å². The Labute approximate surface area is 114 Å². The van der Waals surface area contributed by atoms with E-state index in [1.54, 1.807) is 6.20 Å². The molecule has 3 rings (SSSR count). The third-order valence-electron chi connectivity index (χ3n) is 3.26. The van der Waals surface area contributed by atoms with Gasteiger partial charge in [-0.3, -0.25) is 4.98 Å². The molecule has 1 atom stereocenters. The van der Waals surface area contributed by atoms with Gasteiger partial charge in [0, 0.05) is 17.1 Å². The van der Waals surface area contributed by atoms with Crippen LogP contribution in [-0.2, 0) is 0 Å². The van der Waals surface area contributed by atoms with Gasteiger partial charge < -0.3 is 5.73 Å². The molecule has 1 aromatic heterocycles. The first kappa shape index (κ1) is 12.7. The third kappa shape index (κ3) is 2.26. The highest BCUT2D eigenvalue weighted by Gasteiger charge is 2.15. The van der Waals surface area contributed by atoms with Crippen LogP contribution in [0.25, 0.3) is 10.9 Å². The number of rotatable bonds is 2. The monoisotopic (exact) mass is 270 g/mol. The molecule has 2 nitrogen and oxygen atoms in total. The molecular formula is C16H12F2N2. The fraction of sp³-hybridized carbons (Fsp3) is 0.0625. The molecule has 2 N–H and O–H groups in total. The lowest BCUT2D eigenvalue weighted by molar-refractivity contribution is 0.576. The van der Waals surface area contributed by atoms with Gasteiger partial charge in [-0.25, -0.2) is 8.78 Å².